The fraction of sp³-hybridized carbons (Fsp3) is 0.692. The molecule has 1 aromatic rings. The highest BCUT2D eigenvalue weighted by molar-refractivity contribution is 9.11. The number of hydrogen-bond donors (Lipinski definition) is 1. The molecule has 2 atom stereocenters. The van der Waals surface area contributed by atoms with Crippen molar-refractivity contribution in [2.75, 3.05) is 0 Å². The maximum atomic E-state index is 3.74. The van der Waals surface area contributed by atoms with E-state index in [4.69, 9.17) is 0 Å². The molecule has 16 heavy (non-hydrogen) atoms. The molecule has 2 rings (SSSR count). The minimum atomic E-state index is 0.703. The van der Waals surface area contributed by atoms with Crippen LogP contribution in [0.4, 0.5) is 0 Å². The van der Waals surface area contributed by atoms with Crippen molar-refractivity contribution >= 4 is 27.3 Å². The first-order chi connectivity index (χ1) is 7.66. The summed E-state index contributed by atoms with van der Waals surface area (Å²) in [6.07, 6.45) is 4.18. The molecule has 0 radical (unpaired) electrons. The Morgan fingerprint density at radius 2 is 2.00 bits per heavy atom. The predicted octanol–water partition coefficient (Wildman–Crippen LogP) is 4.42. The fourth-order valence-electron chi connectivity index (χ4n) is 2.75. The molecule has 1 N–H and O–H groups in total. The zero-order valence-corrected chi connectivity index (χ0v) is 12.4. The van der Waals surface area contributed by atoms with Crippen LogP contribution in [0.25, 0.3) is 0 Å². The number of hydrogen-bond acceptors (Lipinski definition) is 2. The summed E-state index contributed by atoms with van der Waals surface area (Å²) in [5.41, 5.74) is 0. The van der Waals surface area contributed by atoms with Gasteiger partial charge in [-0.2, -0.15) is 0 Å². The first-order valence-corrected chi connectivity index (χ1v) is 7.75. The van der Waals surface area contributed by atoms with Crippen LogP contribution in [0, 0.1) is 11.8 Å². The molecule has 1 heterocycles. The van der Waals surface area contributed by atoms with Crippen LogP contribution in [0.5, 0.6) is 0 Å². The molecule has 0 bridgehead atoms. The zero-order valence-electron chi connectivity index (χ0n) is 10.0. The molecule has 2 unspecified atom stereocenters. The standard InChI is InChI=1S/C13H20BrNS/c1-9-4-3-5-10(2)13(9)15-8-11-6-7-12(14)16-11/h6-7,9-10,13,15H,3-5,8H2,1-2H3. The van der Waals surface area contributed by atoms with E-state index in [-0.39, 0.29) is 0 Å². The summed E-state index contributed by atoms with van der Waals surface area (Å²) in [4.78, 5) is 1.43. The lowest BCUT2D eigenvalue weighted by atomic mass is 9.79. The van der Waals surface area contributed by atoms with Gasteiger partial charge in [0.05, 0.1) is 3.79 Å². The lowest BCUT2D eigenvalue weighted by Gasteiger charge is -2.35. The normalized spacial score (nSPS) is 30.6. The monoisotopic (exact) mass is 301 g/mol. The summed E-state index contributed by atoms with van der Waals surface area (Å²) < 4.78 is 1.23. The van der Waals surface area contributed by atoms with Gasteiger partial charge >= 0.3 is 0 Å². The van der Waals surface area contributed by atoms with Crippen molar-refractivity contribution in [3.63, 3.8) is 0 Å². The molecule has 1 aliphatic rings. The molecular formula is C13H20BrNS. The van der Waals surface area contributed by atoms with Crippen LogP contribution in [0.3, 0.4) is 0 Å². The van der Waals surface area contributed by atoms with Crippen LogP contribution in [-0.4, -0.2) is 6.04 Å². The molecule has 0 amide bonds. The van der Waals surface area contributed by atoms with Gasteiger partial charge in [0, 0.05) is 17.5 Å². The van der Waals surface area contributed by atoms with Crippen molar-refractivity contribution in [3.05, 3.63) is 20.8 Å². The molecule has 90 valence electrons. The molecule has 1 aliphatic carbocycles. The molecule has 0 aliphatic heterocycles. The number of rotatable bonds is 3. The lowest BCUT2D eigenvalue weighted by Crippen LogP contribution is -2.42. The topological polar surface area (TPSA) is 12.0 Å². The summed E-state index contributed by atoms with van der Waals surface area (Å²) in [5.74, 6) is 1.65. The van der Waals surface area contributed by atoms with Crippen molar-refractivity contribution in [3.8, 4) is 0 Å². The highest BCUT2D eigenvalue weighted by Gasteiger charge is 2.26. The third-order valence-corrected chi connectivity index (χ3v) is 5.31. The van der Waals surface area contributed by atoms with Gasteiger partial charge < -0.3 is 5.32 Å². The Morgan fingerprint density at radius 3 is 2.56 bits per heavy atom. The van der Waals surface area contributed by atoms with E-state index in [1.165, 1.54) is 27.9 Å². The Bertz CT molecular complexity index is 326. The number of nitrogens with one attached hydrogen (secondary N) is 1. The summed E-state index contributed by atoms with van der Waals surface area (Å²) >= 11 is 5.35. The first kappa shape index (κ1) is 12.6. The van der Waals surface area contributed by atoms with Gasteiger partial charge in [0.25, 0.3) is 0 Å². The van der Waals surface area contributed by atoms with Gasteiger partial charge in [0.2, 0.25) is 0 Å². The van der Waals surface area contributed by atoms with Gasteiger partial charge in [0.1, 0.15) is 0 Å². The second-order valence-electron chi connectivity index (χ2n) is 5.00. The SMILES string of the molecule is CC1CCCC(C)C1NCc1ccc(Br)s1. The Kier molecular flexibility index (Phi) is 4.45. The Balaban J connectivity index is 1.88. The third kappa shape index (κ3) is 3.08. The minimum Gasteiger partial charge on any atom is -0.309 e. The summed E-state index contributed by atoms with van der Waals surface area (Å²) in [6.45, 7) is 5.80. The van der Waals surface area contributed by atoms with Crippen LogP contribution < -0.4 is 5.32 Å². The third-order valence-electron chi connectivity index (χ3n) is 3.69. The van der Waals surface area contributed by atoms with Gasteiger partial charge in [-0.1, -0.05) is 20.3 Å². The van der Waals surface area contributed by atoms with E-state index in [9.17, 15) is 0 Å². The summed E-state index contributed by atoms with van der Waals surface area (Å²) in [6, 6.07) is 5.05. The lowest BCUT2D eigenvalue weighted by molar-refractivity contribution is 0.208. The molecule has 3 heteroatoms. The van der Waals surface area contributed by atoms with Gasteiger partial charge in [-0.3, -0.25) is 0 Å². The maximum Gasteiger partial charge on any atom is 0.0701 e. The van der Waals surface area contributed by atoms with Crippen molar-refractivity contribution in [2.45, 2.75) is 45.7 Å². The van der Waals surface area contributed by atoms with Gasteiger partial charge in [-0.15, -0.1) is 11.3 Å². The van der Waals surface area contributed by atoms with Crippen LogP contribution in [0.15, 0.2) is 15.9 Å². The van der Waals surface area contributed by atoms with Crippen molar-refractivity contribution in [1.29, 1.82) is 0 Å². The first-order valence-electron chi connectivity index (χ1n) is 6.14. The van der Waals surface area contributed by atoms with Crippen LogP contribution in [0.1, 0.15) is 38.0 Å². The number of halogens is 1. The molecule has 1 fully saturated rings. The Labute approximate surface area is 111 Å². The van der Waals surface area contributed by atoms with Crippen LogP contribution >= 0.6 is 27.3 Å². The second kappa shape index (κ2) is 5.65. The Morgan fingerprint density at radius 1 is 1.31 bits per heavy atom. The van der Waals surface area contributed by atoms with E-state index < -0.39 is 0 Å². The summed E-state index contributed by atoms with van der Waals surface area (Å²) in [5, 5.41) is 3.74. The van der Waals surface area contributed by atoms with Gasteiger partial charge in [-0.25, -0.2) is 0 Å². The average Bonchev–Trinajstić information content (AvgIpc) is 2.63. The molecule has 1 saturated carbocycles. The highest BCUT2D eigenvalue weighted by Crippen LogP contribution is 2.29. The largest absolute Gasteiger partial charge is 0.309 e. The Hall–Kier alpha value is 0.140. The van der Waals surface area contributed by atoms with E-state index in [0.717, 1.165) is 18.4 Å². The average molecular weight is 302 g/mol. The molecule has 1 aromatic heterocycles. The molecule has 0 spiro atoms. The highest BCUT2D eigenvalue weighted by atomic mass is 79.9. The number of thiophene rings is 1. The fourth-order valence-corrected chi connectivity index (χ4v) is 4.18. The zero-order chi connectivity index (χ0) is 11.5. The minimum absolute atomic E-state index is 0.703. The van der Waals surface area contributed by atoms with Crippen molar-refractivity contribution in [1.82, 2.24) is 5.32 Å². The smallest absolute Gasteiger partial charge is 0.0701 e. The van der Waals surface area contributed by atoms with Crippen molar-refractivity contribution in [2.24, 2.45) is 11.8 Å². The molecule has 0 saturated heterocycles. The van der Waals surface area contributed by atoms with Crippen LogP contribution in [-0.2, 0) is 6.54 Å². The molecular weight excluding hydrogens is 282 g/mol. The predicted molar refractivity (Wildman–Crippen MR) is 74.8 cm³/mol. The van der Waals surface area contributed by atoms with Crippen LogP contribution in [0.2, 0.25) is 0 Å². The summed E-state index contributed by atoms with van der Waals surface area (Å²) in [7, 11) is 0. The van der Waals surface area contributed by atoms with E-state index in [1.54, 1.807) is 0 Å². The van der Waals surface area contributed by atoms with Crippen molar-refractivity contribution < 1.29 is 0 Å². The molecule has 0 aromatic carbocycles. The van der Waals surface area contributed by atoms with E-state index in [0.29, 0.717) is 6.04 Å². The molecule has 1 nitrogen and oxygen atoms in total. The van der Waals surface area contributed by atoms with Gasteiger partial charge in [0.15, 0.2) is 0 Å². The second-order valence-corrected chi connectivity index (χ2v) is 7.55. The van der Waals surface area contributed by atoms with Gasteiger partial charge in [-0.05, 0) is 52.7 Å². The van der Waals surface area contributed by atoms with E-state index in [2.05, 4.69) is 47.2 Å². The quantitative estimate of drug-likeness (QED) is 0.871. The van der Waals surface area contributed by atoms with E-state index in [1.807, 2.05) is 11.3 Å². The maximum absolute atomic E-state index is 3.74. The van der Waals surface area contributed by atoms with E-state index >= 15 is 0 Å².